The van der Waals surface area contributed by atoms with Crippen molar-refractivity contribution in [3.8, 4) is 5.75 Å². The van der Waals surface area contributed by atoms with Crippen LogP contribution in [-0.2, 0) is 14.4 Å². The Labute approximate surface area is 121 Å². The molecule has 1 aliphatic heterocycles. The number of hydrazine groups is 1. The van der Waals surface area contributed by atoms with Crippen molar-refractivity contribution in [2.45, 2.75) is 25.4 Å². The van der Waals surface area contributed by atoms with E-state index in [1.807, 2.05) is 0 Å². The number of hydrogen-bond donors (Lipinski definition) is 2. The fraction of sp³-hybridized carbons (Fsp3) is 0.357. The molecule has 0 saturated carbocycles. The van der Waals surface area contributed by atoms with Crippen LogP contribution >= 0.6 is 0 Å². The summed E-state index contributed by atoms with van der Waals surface area (Å²) in [4.78, 5) is 33.9. The van der Waals surface area contributed by atoms with Gasteiger partial charge in [-0.1, -0.05) is 18.2 Å². The summed E-state index contributed by atoms with van der Waals surface area (Å²) in [5.41, 5.74) is 2.44. The average Bonchev–Trinajstić information content (AvgIpc) is 2.48. The molecule has 1 aromatic rings. The van der Waals surface area contributed by atoms with Crippen LogP contribution in [0.5, 0.6) is 5.75 Å². The molecule has 21 heavy (non-hydrogen) atoms. The molecule has 1 aliphatic rings. The van der Waals surface area contributed by atoms with Crippen molar-refractivity contribution in [3.63, 3.8) is 0 Å². The zero-order valence-corrected chi connectivity index (χ0v) is 11.3. The Morgan fingerprint density at radius 1 is 1.33 bits per heavy atom. The van der Waals surface area contributed by atoms with Crippen LogP contribution in [0.15, 0.2) is 30.3 Å². The van der Waals surface area contributed by atoms with E-state index >= 15 is 0 Å². The Bertz CT molecular complexity index is 531. The number of carboxylic acids is 1. The maximum Gasteiger partial charge on any atom is 0.303 e. The van der Waals surface area contributed by atoms with E-state index in [-0.39, 0.29) is 18.7 Å². The van der Waals surface area contributed by atoms with Crippen LogP contribution in [0.4, 0.5) is 0 Å². The highest BCUT2D eigenvalue weighted by Gasteiger charge is 2.29. The van der Waals surface area contributed by atoms with E-state index in [4.69, 9.17) is 9.84 Å². The zero-order valence-electron chi connectivity index (χ0n) is 11.3. The molecule has 0 bridgehead atoms. The average molecular weight is 292 g/mol. The van der Waals surface area contributed by atoms with Gasteiger partial charge < -0.3 is 9.84 Å². The third kappa shape index (κ3) is 4.20. The second-order valence-electron chi connectivity index (χ2n) is 4.62. The minimum absolute atomic E-state index is 0.0259. The summed E-state index contributed by atoms with van der Waals surface area (Å²) in [6.45, 7) is 0.460. The molecular weight excluding hydrogens is 276 g/mol. The number of nitrogens with one attached hydrogen (secondary N) is 1. The molecule has 112 valence electrons. The molecule has 2 rings (SSSR count). The molecule has 0 aromatic heterocycles. The molecule has 0 unspecified atom stereocenters. The lowest BCUT2D eigenvalue weighted by molar-refractivity contribution is -0.152. The normalized spacial score (nSPS) is 15.0. The number of amides is 2. The number of β-lactam (4-membered cyclic amide) rings is 1. The molecule has 1 fully saturated rings. The second-order valence-corrected chi connectivity index (χ2v) is 4.62. The van der Waals surface area contributed by atoms with Crippen LogP contribution in [0.1, 0.15) is 19.3 Å². The Morgan fingerprint density at radius 3 is 2.57 bits per heavy atom. The highest BCUT2D eigenvalue weighted by atomic mass is 16.5. The molecule has 7 heteroatoms. The number of aliphatic carboxylic acids is 1. The van der Waals surface area contributed by atoms with Crippen LogP contribution in [0.2, 0.25) is 0 Å². The van der Waals surface area contributed by atoms with Gasteiger partial charge in [0.05, 0.1) is 6.54 Å². The molecule has 1 saturated heterocycles. The molecule has 0 radical (unpaired) electrons. The van der Waals surface area contributed by atoms with E-state index in [0.29, 0.717) is 18.7 Å². The van der Waals surface area contributed by atoms with E-state index in [2.05, 4.69) is 5.43 Å². The summed E-state index contributed by atoms with van der Waals surface area (Å²) >= 11 is 0. The number of nitrogens with zero attached hydrogens (tertiary/aromatic N) is 1. The van der Waals surface area contributed by atoms with Crippen LogP contribution < -0.4 is 10.2 Å². The number of rotatable bonds is 7. The van der Waals surface area contributed by atoms with Gasteiger partial charge in [-0.25, -0.2) is 0 Å². The van der Waals surface area contributed by atoms with Crippen molar-refractivity contribution >= 4 is 17.8 Å². The van der Waals surface area contributed by atoms with Crippen molar-refractivity contribution in [3.05, 3.63) is 30.3 Å². The van der Waals surface area contributed by atoms with Crippen molar-refractivity contribution < 1.29 is 24.2 Å². The predicted octanol–water partition coefficient (Wildman–Crippen LogP) is 0.562. The lowest BCUT2D eigenvalue weighted by Crippen LogP contribution is -2.57. The van der Waals surface area contributed by atoms with E-state index < -0.39 is 18.0 Å². The van der Waals surface area contributed by atoms with Crippen LogP contribution in [0, 0.1) is 0 Å². The van der Waals surface area contributed by atoms with Gasteiger partial charge in [-0.15, -0.1) is 0 Å². The number of ether oxygens (including phenoxy) is 1. The number of para-hydroxylation sites is 1. The Hall–Kier alpha value is -2.57. The third-order valence-corrected chi connectivity index (χ3v) is 3.03. The molecule has 0 spiro atoms. The van der Waals surface area contributed by atoms with E-state index in [1.54, 1.807) is 30.3 Å². The molecule has 1 aromatic carbocycles. The van der Waals surface area contributed by atoms with E-state index in [9.17, 15) is 14.4 Å². The molecule has 2 N–H and O–H groups in total. The molecule has 7 nitrogen and oxygen atoms in total. The first-order valence-corrected chi connectivity index (χ1v) is 6.60. The summed E-state index contributed by atoms with van der Waals surface area (Å²) < 4.78 is 5.52. The summed E-state index contributed by atoms with van der Waals surface area (Å²) in [6, 6.07) is 8.66. The second kappa shape index (κ2) is 6.74. The molecular formula is C14H16N2O5. The van der Waals surface area contributed by atoms with Crippen LogP contribution in [-0.4, -0.2) is 40.5 Å². The van der Waals surface area contributed by atoms with Gasteiger partial charge in [-0.05, 0) is 12.1 Å². The van der Waals surface area contributed by atoms with Gasteiger partial charge in [0.2, 0.25) is 5.91 Å². The standard InChI is InChI=1S/C14H16N2O5/c17-12-8-9-16(12)15-14(20)11(6-7-13(18)19)21-10-4-2-1-3-5-10/h1-5,11H,6-9H2,(H,15,20)(H,18,19)/t11-/m1/s1. The van der Waals surface area contributed by atoms with Gasteiger partial charge >= 0.3 is 5.97 Å². The lowest BCUT2D eigenvalue weighted by atomic mass is 10.2. The van der Waals surface area contributed by atoms with Gasteiger partial charge in [0, 0.05) is 19.3 Å². The lowest BCUT2D eigenvalue weighted by Gasteiger charge is -2.32. The van der Waals surface area contributed by atoms with Gasteiger partial charge in [0.25, 0.3) is 5.91 Å². The molecule has 1 atom stereocenters. The first kappa shape index (κ1) is 14.8. The van der Waals surface area contributed by atoms with Crippen molar-refractivity contribution in [2.75, 3.05) is 6.54 Å². The predicted molar refractivity (Wildman–Crippen MR) is 72.2 cm³/mol. The SMILES string of the molecule is O=C(O)CC[C@@H](Oc1ccccc1)C(=O)NN1CCC1=O. The smallest absolute Gasteiger partial charge is 0.303 e. The van der Waals surface area contributed by atoms with Crippen molar-refractivity contribution in [1.82, 2.24) is 10.4 Å². The fourth-order valence-electron chi connectivity index (χ4n) is 1.80. The van der Waals surface area contributed by atoms with Gasteiger partial charge in [0.1, 0.15) is 5.75 Å². The Morgan fingerprint density at radius 2 is 2.05 bits per heavy atom. The number of hydrogen-bond acceptors (Lipinski definition) is 4. The number of carbonyl (C=O) groups is 3. The van der Waals surface area contributed by atoms with Crippen molar-refractivity contribution in [2.24, 2.45) is 0 Å². The van der Waals surface area contributed by atoms with E-state index in [1.165, 1.54) is 5.01 Å². The summed E-state index contributed by atoms with van der Waals surface area (Å²) in [5, 5.41) is 9.94. The summed E-state index contributed by atoms with van der Waals surface area (Å²) in [7, 11) is 0. The van der Waals surface area contributed by atoms with Crippen LogP contribution in [0.25, 0.3) is 0 Å². The van der Waals surface area contributed by atoms with Crippen molar-refractivity contribution in [1.29, 1.82) is 0 Å². The number of carboxylic acid groups (broad SMARTS) is 1. The largest absolute Gasteiger partial charge is 0.481 e. The minimum Gasteiger partial charge on any atom is -0.481 e. The monoisotopic (exact) mass is 292 g/mol. The maximum atomic E-state index is 12.1. The topological polar surface area (TPSA) is 95.9 Å². The summed E-state index contributed by atoms with van der Waals surface area (Å²) in [6.07, 6.45) is -0.728. The van der Waals surface area contributed by atoms with Crippen LogP contribution in [0.3, 0.4) is 0 Å². The quantitative estimate of drug-likeness (QED) is 0.716. The first-order valence-electron chi connectivity index (χ1n) is 6.60. The highest BCUT2D eigenvalue weighted by molar-refractivity contribution is 5.87. The fourth-order valence-corrected chi connectivity index (χ4v) is 1.80. The zero-order chi connectivity index (χ0) is 15.2. The third-order valence-electron chi connectivity index (χ3n) is 3.03. The minimum atomic E-state index is -1.01. The number of benzene rings is 1. The van der Waals surface area contributed by atoms with Gasteiger partial charge in [0.15, 0.2) is 6.10 Å². The maximum absolute atomic E-state index is 12.1. The molecule has 2 amide bonds. The summed E-state index contributed by atoms with van der Waals surface area (Å²) in [5.74, 6) is -1.23. The van der Waals surface area contributed by atoms with E-state index in [0.717, 1.165) is 0 Å². The molecule has 1 heterocycles. The number of carbonyl (C=O) groups excluding carboxylic acids is 2. The van der Waals surface area contributed by atoms with Gasteiger partial charge in [-0.2, -0.15) is 0 Å². The van der Waals surface area contributed by atoms with Gasteiger partial charge in [-0.3, -0.25) is 24.8 Å². The first-order chi connectivity index (χ1) is 10.1. The Kier molecular flexibility index (Phi) is 4.76. The molecule has 0 aliphatic carbocycles. The highest BCUT2D eigenvalue weighted by Crippen LogP contribution is 2.14. The Balaban J connectivity index is 1.98.